The maximum atomic E-state index is 4.69. The lowest BCUT2D eigenvalue weighted by atomic mass is 10.1. The highest BCUT2D eigenvalue weighted by molar-refractivity contribution is 5.79. The molecule has 0 amide bonds. The van der Waals surface area contributed by atoms with Gasteiger partial charge in [0.1, 0.15) is 12.1 Å². The van der Waals surface area contributed by atoms with E-state index < -0.39 is 0 Å². The molecule has 3 heterocycles. The van der Waals surface area contributed by atoms with Crippen LogP contribution in [0, 0.1) is 0 Å². The van der Waals surface area contributed by atoms with Crippen LogP contribution in [-0.4, -0.2) is 34.5 Å². The van der Waals surface area contributed by atoms with Gasteiger partial charge in [-0.3, -0.25) is 4.57 Å². The van der Waals surface area contributed by atoms with Gasteiger partial charge in [-0.15, -0.1) is 5.10 Å². The topological polar surface area (TPSA) is 86.3 Å². The Labute approximate surface area is 166 Å². The van der Waals surface area contributed by atoms with Crippen molar-refractivity contribution in [1.82, 2.24) is 34.5 Å². The summed E-state index contributed by atoms with van der Waals surface area (Å²) in [4.78, 5) is 13.6. The zero-order chi connectivity index (χ0) is 19.6. The molecule has 0 bridgehead atoms. The summed E-state index contributed by atoms with van der Waals surface area (Å²) in [5.41, 5.74) is 3.88. The van der Waals surface area contributed by atoms with Crippen molar-refractivity contribution in [3.05, 3.63) is 85.1 Å². The van der Waals surface area contributed by atoms with E-state index in [-0.39, 0.29) is 6.04 Å². The lowest BCUT2D eigenvalue weighted by Gasteiger charge is -2.14. The summed E-state index contributed by atoms with van der Waals surface area (Å²) >= 11 is 0. The molecule has 5 rings (SSSR count). The van der Waals surface area contributed by atoms with Crippen molar-refractivity contribution in [2.24, 2.45) is 0 Å². The largest absolute Gasteiger partial charge is 0.348 e. The van der Waals surface area contributed by atoms with E-state index in [4.69, 9.17) is 0 Å². The molecule has 5 aromatic rings. The Hall–Kier alpha value is -4.07. The number of rotatable bonds is 5. The third-order valence-corrected chi connectivity index (χ3v) is 4.75. The number of benzene rings is 2. The molecule has 0 radical (unpaired) electrons. The van der Waals surface area contributed by atoms with E-state index in [9.17, 15) is 0 Å². The molecule has 8 heteroatoms. The number of hydrogen-bond acceptors (Lipinski definition) is 6. The van der Waals surface area contributed by atoms with Gasteiger partial charge in [0.25, 0.3) is 0 Å². The molecule has 0 saturated heterocycles. The van der Waals surface area contributed by atoms with Crippen LogP contribution >= 0.6 is 0 Å². The van der Waals surface area contributed by atoms with E-state index >= 15 is 0 Å². The summed E-state index contributed by atoms with van der Waals surface area (Å²) < 4.78 is 3.65. The zero-order valence-corrected chi connectivity index (χ0v) is 15.7. The molecule has 142 valence electrons. The smallest absolute Gasteiger partial charge is 0.225 e. The molecule has 1 unspecified atom stereocenters. The van der Waals surface area contributed by atoms with Crippen molar-refractivity contribution in [3.63, 3.8) is 0 Å². The first-order valence-electron chi connectivity index (χ1n) is 9.27. The SMILES string of the molecule is CC(Nc1nccc(-n2cnc3ccc(-n4ccnn4)cc32)n1)c1ccccc1. The van der Waals surface area contributed by atoms with Crippen LogP contribution in [0.2, 0.25) is 0 Å². The van der Waals surface area contributed by atoms with Crippen LogP contribution < -0.4 is 5.32 Å². The Kier molecular flexibility index (Phi) is 4.21. The molecular weight excluding hydrogens is 364 g/mol. The van der Waals surface area contributed by atoms with Crippen LogP contribution in [0.1, 0.15) is 18.5 Å². The average molecular weight is 382 g/mol. The van der Waals surface area contributed by atoms with Crippen LogP contribution in [-0.2, 0) is 0 Å². The first-order valence-corrected chi connectivity index (χ1v) is 9.27. The summed E-state index contributed by atoms with van der Waals surface area (Å²) in [6.07, 6.45) is 6.97. The molecule has 0 aliphatic rings. The van der Waals surface area contributed by atoms with Crippen molar-refractivity contribution < 1.29 is 0 Å². The lowest BCUT2D eigenvalue weighted by Crippen LogP contribution is -2.10. The van der Waals surface area contributed by atoms with Gasteiger partial charge in [-0.2, -0.15) is 4.98 Å². The minimum atomic E-state index is 0.0879. The summed E-state index contributed by atoms with van der Waals surface area (Å²) in [7, 11) is 0. The minimum absolute atomic E-state index is 0.0879. The number of fused-ring (bicyclic) bond motifs is 1. The Bertz CT molecular complexity index is 1240. The van der Waals surface area contributed by atoms with E-state index in [0.717, 1.165) is 22.5 Å². The molecule has 0 fully saturated rings. The number of anilines is 1. The molecule has 0 spiro atoms. The van der Waals surface area contributed by atoms with Crippen molar-refractivity contribution in [2.45, 2.75) is 13.0 Å². The van der Waals surface area contributed by atoms with Crippen molar-refractivity contribution in [2.75, 3.05) is 5.32 Å². The normalized spacial score (nSPS) is 12.2. The fourth-order valence-electron chi connectivity index (χ4n) is 3.24. The standard InChI is InChI=1S/C21H18N8/c1-15(16-5-3-2-4-6-16)25-21-22-10-9-20(26-21)28-14-23-18-8-7-17(13-19(18)28)29-12-11-24-27-29/h2-15H,1H3,(H,22,25,26). The number of nitrogens with zero attached hydrogens (tertiary/aromatic N) is 7. The predicted octanol–water partition coefficient (Wildman–Crippen LogP) is 3.57. The van der Waals surface area contributed by atoms with E-state index in [2.05, 4.69) is 49.6 Å². The van der Waals surface area contributed by atoms with Crippen LogP contribution in [0.4, 0.5) is 5.95 Å². The van der Waals surface area contributed by atoms with Gasteiger partial charge < -0.3 is 5.32 Å². The van der Waals surface area contributed by atoms with Crippen LogP contribution in [0.3, 0.4) is 0 Å². The van der Waals surface area contributed by atoms with Crippen molar-refractivity contribution >= 4 is 17.0 Å². The van der Waals surface area contributed by atoms with Gasteiger partial charge >= 0.3 is 0 Å². The predicted molar refractivity (Wildman–Crippen MR) is 110 cm³/mol. The third-order valence-electron chi connectivity index (χ3n) is 4.75. The van der Waals surface area contributed by atoms with E-state index in [1.54, 1.807) is 29.6 Å². The number of nitrogens with one attached hydrogen (secondary N) is 1. The molecule has 2 aromatic carbocycles. The Morgan fingerprint density at radius 3 is 2.69 bits per heavy atom. The lowest BCUT2D eigenvalue weighted by molar-refractivity contribution is 0.803. The quantitative estimate of drug-likeness (QED) is 0.500. The first-order chi connectivity index (χ1) is 14.3. The second-order valence-electron chi connectivity index (χ2n) is 6.65. The Morgan fingerprint density at radius 1 is 0.966 bits per heavy atom. The fourth-order valence-corrected chi connectivity index (χ4v) is 3.24. The molecule has 0 aliphatic carbocycles. The van der Waals surface area contributed by atoms with Gasteiger partial charge in [0.05, 0.1) is 35.2 Å². The van der Waals surface area contributed by atoms with Gasteiger partial charge in [-0.05, 0) is 36.8 Å². The van der Waals surface area contributed by atoms with Gasteiger partial charge in [-0.25, -0.2) is 14.6 Å². The first kappa shape index (κ1) is 17.1. The van der Waals surface area contributed by atoms with E-state index in [1.165, 1.54) is 5.56 Å². The molecule has 1 N–H and O–H groups in total. The van der Waals surface area contributed by atoms with E-state index in [1.807, 2.05) is 47.0 Å². The molecule has 0 saturated carbocycles. The average Bonchev–Trinajstić information content (AvgIpc) is 3.44. The van der Waals surface area contributed by atoms with Gasteiger partial charge in [-0.1, -0.05) is 35.5 Å². The molecular formula is C21H18N8. The molecule has 3 aromatic heterocycles. The van der Waals surface area contributed by atoms with Crippen molar-refractivity contribution in [3.8, 4) is 11.5 Å². The number of imidazole rings is 1. The Balaban J connectivity index is 1.49. The highest BCUT2D eigenvalue weighted by Gasteiger charge is 2.11. The summed E-state index contributed by atoms with van der Waals surface area (Å²) in [5.74, 6) is 1.30. The van der Waals surface area contributed by atoms with Crippen LogP contribution in [0.15, 0.2) is 79.5 Å². The maximum absolute atomic E-state index is 4.69. The summed E-state index contributed by atoms with van der Waals surface area (Å²) in [5, 5.41) is 11.3. The number of aromatic nitrogens is 7. The van der Waals surface area contributed by atoms with E-state index in [0.29, 0.717) is 5.95 Å². The van der Waals surface area contributed by atoms with Crippen LogP contribution in [0.25, 0.3) is 22.5 Å². The number of hydrogen-bond donors (Lipinski definition) is 1. The molecule has 29 heavy (non-hydrogen) atoms. The summed E-state index contributed by atoms with van der Waals surface area (Å²) in [6, 6.07) is 18.1. The van der Waals surface area contributed by atoms with Gasteiger partial charge in [0.2, 0.25) is 5.95 Å². The monoisotopic (exact) mass is 382 g/mol. The summed E-state index contributed by atoms with van der Waals surface area (Å²) in [6.45, 7) is 2.09. The zero-order valence-electron chi connectivity index (χ0n) is 15.7. The highest BCUT2D eigenvalue weighted by atomic mass is 15.4. The second-order valence-corrected chi connectivity index (χ2v) is 6.65. The van der Waals surface area contributed by atoms with Gasteiger partial charge in [0.15, 0.2) is 0 Å². The second kappa shape index (κ2) is 7.16. The van der Waals surface area contributed by atoms with Crippen LogP contribution in [0.5, 0.6) is 0 Å². The molecule has 0 aliphatic heterocycles. The minimum Gasteiger partial charge on any atom is -0.348 e. The van der Waals surface area contributed by atoms with Crippen molar-refractivity contribution in [1.29, 1.82) is 0 Å². The third kappa shape index (κ3) is 3.31. The van der Waals surface area contributed by atoms with Gasteiger partial charge in [0, 0.05) is 6.20 Å². The Morgan fingerprint density at radius 2 is 1.86 bits per heavy atom. The maximum Gasteiger partial charge on any atom is 0.225 e. The fraction of sp³-hybridized carbons (Fsp3) is 0.0952. The molecule has 8 nitrogen and oxygen atoms in total. The highest BCUT2D eigenvalue weighted by Crippen LogP contribution is 2.21. The molecule has 1 atom stereocenters.